The molecule has 1 aromatic heterocycles. The van der Waals surface area contributed by atoms with E-state index in [9.17, 15) is 0 Å². The fourth-order valence-electron chi connectivity index (χ4n) is 1.93. The van der Waals surface area contributed by atoms with Crippen molar-refractivity contribution in [3.63, 3.8) is 0 Å². The summed E-state index contributed by atoms with van der Waals surface area (Å²) in [5, 5.41) is 0.842. The van der Waals surface area contributed by atoms with Crippen LogP contribution in [0.4, 0.5) is 5.69 Å². The third-order valence-corrected chi connectivity index (χ3v) is 3.59. The van der Waals surface area contributed by atoms with Crippen molar-refractivity contribution in [2.45, 2.75) is 0 Å². The van der Waals surface area contributed by atoms with Crippen LogP contribution in [0, 0.1) is 0 Å². The predicted octanol–water partition coefficient (Wildman–Crippen LogP) is 4.39. The van der Waals surface area contributed by atoms with Crippen molar-refractivity contribution in [2.24, 2.45) is 0 Å². The first-order valence-corrected chi connectivity index (χ1v) is 6.54. The molecular formula is C14H10Cl2N2O2. The van der Waals surface area contributed by atoms with Crippen LogP contribution in [-0.2, 0) is 0 Å². The largest absolute Gasteiger partial charge is 0.497 e. The molecule has 0 aliphatic heterocycles. The molecule has 102 valence electrons. The van der Waals surface area contributed by atoms with E-state index >= 15 is 0 Å². The minimum Gasteiger partial charge on any atom is -0.497 e. The average Bonchev–Trinajstić information content (AvgIpc) is 2.85. The van der Waals surface area contributed by atoms with E-state index in [0.29, 0.717) is 44.0 Å². The Hall–Kier alpha value is -1.91. The molecular weight excluding hydrogens is 299 g/mol. The fraction of sp³-hybridized carbons (Fsp3) is 0.0714. The number of ether oxygens (including phenoxy) is 1. The fourth-order valence-corrected chi connectivity index (χ4v) is 2.33. The number of nitrogens with two attached hydrogens (primary N) is 1. The van der Waals surface area contributed by atoms with Crippen molar-refractivity contribution >= 4 is 40.0 Å². The zero-order chi connectivity index (χ0) is 14.3. The lowest BCUT2D eigenvalue weighted by atomic mass is 10.2. The van der Waals surface area contributed by atoms with E-state index < -0.39 is 0 Å². The molecule has 3 rings (SSSR count). The van der Waals surface area contributed by atoms with E-state index in [0.717, 1.165) is 0 Å². The summed E-state index contributed by atoms with van der Waals surface area (Å²) < 4.78 is 10.8. The van der Waals surface area contributed by atoms with Crippen molar-refractivity contribution in [1.82, 2.24) is 4.98 Å². The maximum absolute atomic E-state index is 6.16. The van der Waals surface area contributed by atoms with Gasteiger partial charge in [0.2, 0.25) is 5.89 Å². The molecule has 6 heteroatoms. The van der Waals surface area contributed by atoms with Crippen LogP contribution in [0.3, 0.4) is 0 Å². The molecule has 20 heavy (non-hydrogen) atoms. The van der Waals surface area contributed by atoms with Gasteiger partial charge in [-0.1, -0.05) is 23.2 Å². The third-order valence-electron chi connectivity index (χ3n) is 2.95. The van der Waals surface area contributed by atoms with Gasteiger partial charge in [0.1, 0.15) is 11.3 Å². The van der Waals surface area contributed by atoms with Gasteiger partial charge in [0.15, 0.2) is 5.58 Å². The molecule has 3 aromatic rings. The number of aromatic nitrogens is 1. The van der Waals surface area contributed by atoms with Crippen LogP contribution in [-0.4, -0.2) is 12.1 Å². The number of methoxy groups -OCH3 is 1. The van der Waals surface area contributed by atoms with Crippen molar-refractivity contribution in [1.29, 1.82) is 0 Å². The predicted molar refractivity (Wildman–Crippen MR) is 80.4 cm³/mol. The summed E-state index contributed by atoms with van der Waals surface area (Å²) in [6, 6.07) is 8.63. The number of benzene rings is 2. The lowest BCUT2D eigenvalue weighted by Crippen LogP contribution is -1.92. The van der Waals surface area contributed by atoms with Gasteiger partial charge in [0.05, 0.1) is 28.4 Å². The lowest BCUT2D eigenvalue weighted by Gasteiger charge is -2.05. The van der Waals surface area contributed by atoms with Gasteiger partial charge in [-0.05, 0) is 24.3 Å². The number of rotatable bonds is 2. The van der Waals surface area contributed by atoms with Crippen LogP contribution >= 0.6 is 23.2 Å². The zero-order valence-corrected chi connectivity index (χ0v) is 12.0. The van der Waals surface area contributed by atoms with Gasteiger partial charge in [0, 0.05) is 6.07 Å². The van der Waals surface area contributed by atoms with Gasteiger partial charge in [0.25, 0.3) is 0 Å². The number of nitrogens with zero attached hydrogens (tertiary/aromatic N) is 1. The first kappa shape index (κ1) is 13.1. The Morgan fingerprint density at radius 2 is 1.90 bits per heavy atom. The Bertz CT molecular complexity index is 799. The van der Waals surface area contributed by atoms with Crippen molar-refractivity contribution in [3.05, 3.63) is 40.4 Å². The van der Waals surface area contributed by atoms with Crippen LogP contribution in [0.5, 0.6) is 5.75 Å². The van der Waals surface area contributed by atoms with E-state index in [1.165, 1.54) is 0 Å². The van der Waals surface area contributed by atoms with E-state index in [-0.39, 0.29) is 0 Å². The van der Waals surface area contributed by atoms with Crippen LogP contribution in [0.1, 0.15) is 0 Å². The highest BCUT2D eigenvalue weighted by atomic mass is 35.5. The maximum Gasteiger partial charge on any atom is 0.230 e. The van der Waals surface area contributed by atoms with Crippen molar-refractivity contribution < 1.29 is 9.15 Å². The zero-order valence-electron chi connectivity index (χ0n) is 10.5. The van der Waals surface area contributed by atoms with E-state index in [2.05, 4.69) is 4.98 Å². The Labute approximate surface area is 125 Å². The molecule has 0 saturated heterocycles. The van der Waals surface area contributed by atoms with Crippen molar-refractivity contribution in [2.75, 3.05) is 12.8 Å². The third kappa shape index (κ3) is 2.07. The van der Waals surface area contributed by atoms with Gasteiger partial charge in [-0.3, -0.25) is 0 Å². The Morgan fingerprint density at radius 3 is 2.65 bits per heavy atom. The number of halogens is 2. The molecule has 0 radical (unpaired) electrons. The van der Waals surface area contributed by atoms with E-state index in [4.69, 9.17) is 38.1 Å². The Kier molecular flexibility index (Phi) is 3.20. The Balaban J connectivity index is 2.22. The molecule has 0 aliphatic carbocycles. The quantitative estimate of drug-likeness (QED) is 0.713. The number of fused-ring (bicyclic) bond motifs is 1. The minimum atomic E-state index is 0.332. The second-order valence-corrected chi connectivity index (χ2v) is 4.98. The number of hydrogen-bond donors (Lipinski definition) is 1. The SMILES string of the molecule is COc1ccc2oc(-c3c(Cl)ccc(Cl)c3N)nc2c1. The summed E-state index contributed by atoms with van der Waals surface area (Å²) in [5.41, 5.74) is 8.08. The van der Waals surface area contributed by atoms with E-state index in [1.807, 2.05) is 0 Å². The standard InChI is InChI=1S/C14H10Cl2N2O2/c1-19-7-2-5-11-10(6-7)18-14(20-11)12-8(15)3-4-9(16)13(12)17/h2-6H,17H2,1H3. The molecule has 0 bridgehead atoms. The van der Waals surface area contributed by atoms with Crippen LogP contribution in [0.2, 0.25) is 10.0 Å². The smallest absolute Gasteiger partial charge is 0.230 e. The summed E-state index contributed by atoms with van der Waals surface area (Å²) in [4.78, 5) is 4.38. The summed E-state index contributed by atoms with van der Waals surface area (Å²) in [6.07, 6.45) is 0. The summed E-state index contributed by atoms with van der Waals surface area (Å²) in [7, 11) is 1.59. The molecule has 0 unspecified atom stereocenters. The van der Waals surface area contributed by atoms with Gasteiger partial charge < -0.3 is 14.9 Å². The monoisotopic (exact) mass is 308 g/mol. The molecule has 0 fully saturated rings. The highest BCUT2D eigenvalue weighted by Gasteiger charge is 2.17. The van der Waals surface area contributed by atoms with Gasteiger partial charge in [-0.2, -0.15) is 0 Å². The maximum atomic E-state index is 6.16. The Morgan fingerprint density at radius 1 is 1.15 bits per heavy atom. The minimum absolute atomic E-state index is 0.332. The van der Waals surface area contributed by atoms with Gasteiger partial charge in [-0.25, -0.2) is 4.98 Å². The molecule has 0 spiro atoms. The van der Waals surface area contributed by atoms with E-state index in [1.54, 1.807) is 37.4 Å². The molecule has 0 atom stereocenters. The normalized spacial score (nSPS) is 10.9. The summed E-state index contributed by atoms with van der Waals surface area (Å²) in [5.74, 6) is 1.03. The first-order valence-electron chi connectivity index (χ1n) is 5.78. The number of hydrogen-bond acceptors (Lipinski definition) is 4. The van der Waals surface area contributed by atoms with Crippen LogP contribution in [0.25, 0.3) is 22.6 Å². The number of anilines is 1. The van der Waals surface area contributed by atoms with Gasteiger partial charge in [-0.15, -0.1) is 0 Å². The lowest BCUT2D eigenvalue weighted by molar-refractivity contribution is 0.415. The van der Waals surface area contributed by atoms with Crippen LogP contribution in [0.15, 0.2) is 34.7 Å². The highest BCUT2D eigenvalue weighted by molar-refractivity contribution is 6.37. The summed E-state index contributed by atoms with van der Waals surface area (Å²) in [6.45, 7) is 0. The molecule has 1 heterocycles. The second kappa shape index (κ2) is 4.89. The molecule has 0 aliphatic rings. The van der Waals surface area contributed by atoms with Gasteiger partial charge >= 0.3 is 0 Å². The highest BCUT2D eigenvalue weighted by Crippen LogP contribution is 2.38. The topological polar surface area (TPSA) is 61.3 Å². The first-order chi connectivity index (χ1) is 9.60. The molecule has 0 saturated carbocycles. The molecule has 2 aromatic carbocycles. The molecule has 2 N–H and O–H groups in total. The number of oxazole rings is 1. The number of nitrogen functional groups attached to an aromatic ring is 1. The van der Waals surface area contributed by atoms with Crippen molar-refractivity contribution in [3.8, 4) is 17.2 Å². The van der Waals surface area contributed by atoms with Crippen LogP contribution < -0.4 is 10.5 Å². The second-order valence-electron chi connectivity index (χ2n) is 4.17. The summed E-state index contributed by atoms with van der Waals surface area (Å²) >= 11 is 12.2. The average molecular weight is 309 g/mol. The molecule has 4 nitrogen and oxygen atoms in total. The molecule has 0 amide bonds.